The third-order valence-corrected chi connectivity index (χ3v) is 0.987. The molecule has 0 aliphatic heterocycles. The van der Waals surface area contributed by atoms with Crippen LogP contribution >= 0.6 is 0 Å². The van der Waals surface area contributed by atoms with E-state index in [2.05, 4.69) is 4.74 Å². The Labute approximate surface area is 68.5 Å². The quantitative estimate of drug-likeness (QED) is 0.655. The van der Waals surface area contributed by atoms with Gasteiger partial charge in [-0.2, -0.15) is 30.7 Å². The normalized spacial score (nSPS) is 14.8. The molecule has 0 N–H and O–H groups in total. The van der Waals surface area contributed by atoms with Gasteiger partial charge in [-0.25, -0.2) is 0 Å². The molecule has 0 amide bonds. The van der Waals surface area contributed by atoms with Crippen LogP contribution in [0.5, 0.6) is 0 Å². The highest BCUT2D eigenvalue weighted by Crippen LogP contribution is 2.47. The van der Waals surface area contributed by atoms with Crippen LogP contribution in [0.1, 0.15) is 6.92 Å². The number of hydrogen-bond acceptors (Lipinski definition) is 1. The minimum atomic E-state index is -6.35. The fourth-order valence-corrected chi connectivity index (χ4v) is 0.387. The summed E-state index contributed by atoms with van der Waals surface area (Å²) in [4.78, 5) is 0. The highest BCUT2D eigenvalue weighted by atomic mass is 19.4. The lowest BCUT2D eigenvalue weighted by molar-refractivity contribution is -0.416. The van der Waals surface area contributed by atoms with E-state index < -0.39 is 18.2 Å². The van der Waals surface area contributed by atoms with E-state index in [0.29, 0.717) is 0 Å². The Kier molecular flexibility index (Phi) is 3.18. The predicted molar refractivity (Wildman–Crippen MR) is 27.0 cm³/mol. The van der Waals surface area contributed by atoms with Gasteiger partial charge in [0.15, 0.2) is 0 Å². The Morgan fingerprint density at radius 3 is 1.54 bits per heavy atom. The Hall–Kier alpha value is -0.530. The molecule has 0 saturated heterocycles. The van der Waals surface area contributed by atoms with Crippen LogP contribution in [0.2, 0.25) is 0 Å². The number of ether oxygens (including phenoxy) is 1. The molecule has 1 radical (unpaired) electrons. The minimum absolute atomic E-state index is 0.0552. The number of halogens is 7. The van der Waals surface area contributed by atoms with Gasteiger partial charge in [-0.1, -0.05) is 0 Å². The van der Waals surface area contributed by atoms with Crippen LogP contribution in [0.25, 0.3) is 0 Å². The molecular formula is C5H4F7O. The van der Waals surface area contributed by atoms with E-state index in [-0.39, 0.29) is 6.61 Å². The molecule has 0 aromatic rings. The summed E-state index contributed by atoms with van der Waals surface area (Å²) >= 11 is 0. The minimum Gasteiger partial charge on any atom is -0.310 e. The van der Waals surface area contributed by atoms with Crippen molar-refractivity contribution in [3.05, 3.63) is 6.61 Å². The highest BCUT2D eigenvalue weighted by molar-refractivity contribution is 4.85. The second kappa shape index (κ2) is 3.32. The fraction of sp³-hybridized carbons (Fsp3) is 0.800. The average Bonchev–Trinajstić information content (AvgIpc) is 1.84. The average molecular weight is 213 g/mol. The van der Waals surface area contributed by atoms with E-state index in [1.165, 1.54) is 0 Å². The van der Waals surface area contributed by atoms with E-state index in [0.717, 1.165) is 6.92 Å². The molecule has 0 aromatic carbocycles. The van der Waals surface area contributed by atoms with E-state index in [4.69, 9.17) is 0 Å². The SMILES string of the molecule is C[CH]OC(F)(F)C(F)(F)C(F)(F)F. The Morgan fingerprint density at radius 2 is 1.31 bits per heavy atom. The van der Waals surface area contributed by atoms with Crippen molar-refractivity contribution in [1.82, 2.24) is 0 Å². The van der Waals surface area contributed by atoms with Crippen LogP contribution in [-0.2, 0) is 4.74 Å². The molecule has 0 aliphatic carbocycles. The second-order valence-electron chi connectivity index (χ2n) is 1.94. The van der Waals surface area contributed by atoms with Gasteiger partial charge in [0, 0.05) is 0 Å². The Balaban J connectivity index is 4.81. The van der Waals surface area contributed by atoms with E-state index in [1.807, 2.05) is 0 Å². The number of hydrogen-bond donors (Lipinski definition) is 0. The van der Waals surface area contributed by atoms with Crippen molar-refractivity contribution >= 4 is 0 Å². The molecule has 13 heavy (non-hydrogen) atoms. The smallest absolute Gasteiger partial charge is 0.310 e. The molecule has 0 rings (SSSR count). The first-order valence-corrected chi connectivity index (χ1v) is 2.84. The zero-order valence-electron chi connectivity index (χ0n) is 6.13. The van der Waals surface area contributed by atoms with Crippen molar-refractivity contribution in [1.29, 1.82) is 0 Å². The lowest BCUT2D eigenvalue weighted by Crippen LogP contribution is -2.52. The molecule has 0 atom stereocenters. The van der Waals surface area contributed by atoms with Gasteiger partial charge in [0.2, 0.25) is 0 Å². The fourth-order valence-electron chi connectivity index (χ4n) is 0.387. The lowest BCUT2D eigenvalue weighted by atomic mass is 10.3. The summed E-state index contributed by atoms with van der Waals surface area (Å²) in [6.07, 6.45) is -11.9. The largest absolute Gasteiger partial charge is 0.462 e. The van der Waals surface area contributed by atoms with Gasteiger partial charge >= 0.3 is 18.2 Å². The molecule has 0 spiro atoms. The summed E-state index contributed by atoms with van der Waals surface area (Å²) in [6.45, 7) is 0.806. The van der Waals surface area contributed by atoms with Crippen LogP contribution in [-0.4, -0.2) is 18.2 Å². The van der Waals surface area contributed by atoms with Crippen molar-refractivity contribution in [3.8, 4) is 0 Å². The van der Waals surface area contributed by atoms with Crippen LogP contribution in [0, 0.1) is 6.61 Å². The first-order valence-electron chi connectivity index (χ1n) is 2.84. The summed E-state index contributed by atoms with van der Waals surface area (Å²) in [7, 11) is 0. The molecule has 0 unspecified atom stereocenters. The van der Waals surface area contributed by atoms with E-state index in [1.54, 1.807) is 0 Å². The first-order chi connectivity index (χ1) is 5.56. The molecule has 0 heterocycles. The van der Waals surface area contributed by atoms with Gasteiger partial charge in [-0.3, -0.25) is 0 Å². The Morgan fingerprint density at radius 1 is 0.923 bits per heavy atom. The topological polar surface area (TPSA) is 9.23 Å². The summed E-state index contributed by atoms with van der Waals surface area (Å²) in [6, 6.07) is 0. The summed E-state index contributed by atoms with van der Waals surface area (Å²) < 4.78 is 84.6. The van der Waals surface area contributed by atoms with Gasteiger partial charge in [-0.05, 0) is 6.92 Å². The van der Waals surface area contributed by atoms with Gasteiger partial charge < -0.3 is 4.74 Å². The zero-order chi connectivity index (χ0) is 10.9. The zero-order valence-corrected chi connectivity index (χ0v) is 6.13. The summed E-state index contributed by atoms with van der Waals surface area (Å²) in [5.41, 5.74) is 0. The predicted octanol–water partition coefficient (Wildman–Crippen LogP) is 2.98. The first kappa shape index (κ1) is 12.5. The molecule has 8 heteroatoms. The molecule has 0 saturated carbocycles. The van der Waals surface area contributed by atoms with Crippen molar-refractivity contribution < 1.29 is 35.5 Å². The summed E-state index contributed by atoms with van der Waals surface area (Å²) in [5.74, 6) is -6.20. The third kappa shape index (κ3) is 2.23. The van der Waals surface area contributed by atoms with Crippen molar-refractivity contribution in [2.75, 3.05) is 0 Å². The molecule has 0 aromatic heterocycles. The number of alkyl halides is 7. The Bertz CT molecular complexity index is 172. The monoisotopic (exact) mass is 213 g/mol. The maximum Gasteiger partial charge on any atom is 0.462 e. The van der Waals surface area contributed by atoms with Gasteiger partial charge in [0.05, 0.1) is 6.61 Å². The highest BCUT2D eigenvalue weighted by Gasteiger charge is 2.74. The lowest BCUT2D eigenvalue weighted by Gasteiger charge is -2.26. The maximum absolute atomic E-state index is 12.0. The number of rotatable bonds is 3. The second-order valence-corrected chi connectivity index (χ2v) is 1.94. The van der Waals surface area contributed by atoms with Crippen LogP contribution in [0.3, 0.4) is 0 Å². The van der Waals surface area contributed by atoms with Crippen LogP contribution in [0.15, 0.2) is 0 Å². The van der Waals surface area contributed by atoms with Gasteiger partial charge in [0.1, 0.15) is 0 Å². The van der Waals surface area contributed by atoms with E-state index >= 15 is 0 Å². The maximum atomic E-state index is 12.0. The van der Waals surface area contributed by atoms with Crippen LogP contribution in [0.4, 0.5) is 30.7 Å². The van der Waals surface area contributed by atoms with Crippen molar-refractivity contribution in [2.24, 2.45) is 0 Å². The van der Waals surface area contributed by atoms with Crippen molar-refractivity contribution in [2.45, 2.75) is 25.1 Å². The summed E-state index contributed by atoms with van der Waals surface area (Å²) in [5, 5.41) is 0. The molecule has 1 nitrogen and oxygen atoms in total. The van der Waals surface area contributed by atoms with Gasteiger partial charge in [-0.15, -0.1) is 0 Å². The molecule has 0 fully saturated rings. The van der Waals surface area contributed by atoms with Crippen molar-refractivity contribution in [3.63, 3.8) is 0 Å². The third-order valence-electron chi connectivity index (χ3n) is 0.987. The standard InChI is InChI=1S/C5H4F7O/c1-2-13-5(11,12)3(6,7)4(8,9)10/h2H,1H3. The molecule has 0 bridgehead atoms. The van der Waals surface area contributed by atoms with Crippen LogP contribution < -0.4 is 0 Å². The van der Waals surface area contributed by atoms with Gasteiger partial charge in [0.25, 0.3) is 0 Å². The molecule has 79 valence electrons. The molecule has 0 aliphatic rings. The molecular weight excluding hydrogens is 209 g/mol. The van der Waals surface area contributed by atoms with E-state index in [9.17, 15) is 30.7 Å².